The Morgan fingerprint density at radius 2 is 0.758 bits per heavy atom. The van der Waals surface area contributed by atoms with Crippen LogP contribution in [-0.2, 0) is 4.43 Å². The summed E-state index contributed by atoms with van der Waals surface area (Å²) in [6.07, 6.45) is 28.7. The van der Waals surface area contributed by atoms with E-state index >= 15 is 0 Å². The zero-order valence-electron chi connectivity index (χ0n) is 24.3. The molecule has 2 nitrogen and oxygen atoms in total. The summed E-state index contributed by atoms with van der Waals surface area (Å²) >= 11 is 0. The Bertz CT molecular complexity index is 369. The molecule has 0 aliphatic heterocycles. The van der Waals surface area contributed by atoms with Crippen LogP contribution < -0.4 is 0 Å². The lowest BCUT2D eigenvalue weighted by Crippen LogP contribution is -2.48. The average Bonchev–Trinajstić information content (AvgIpc) is 2.75. The third-order valence-electron chi connectivity index (χ3n) is 7.27. The summed E-state index contributed by atoms with van der Waals surface area (Å²) in [4.78, 5) is 0. The molecule has 0 unspecified atom stereocenters. The second kappa shape index (κ2) is 22.6. The van der Waals surface area contributed by atoms with E-state index in [0.29, 0.717) is 0 Å². The summed E-state index contributed by atoms with van der Waals surface area (Å²) in [5.74, 6) is 0. The van der Waals surface area contributed by atoms with E-state index in [4.69, 9.17) is 4.43 Å². The highest BCUT2D eigenvalue weighted by Crippen LogP contribution is 2.16. The first-order chi connectivity index (χ1) is 15.8. The normalized spacial score (nSPS) is 12.5. The predicted octanol–water partition coefficient (Wildman–Crippen LogP) is 10.1. The predicted molar refractivity (Wildman–Crippen MR) is 154 cm³/mol. The van der Waals surface area contributed by atoms with Crippen LogP contribution in [0.25, 0.3) is 0 Å². The van der Waals surface area contributed by atoms with E-state index in [-0.39, 0.29) is 0 Å². The smallest absolute Gasteiger partial charge is 0.184 e. The van der Waals surface area contributed by atoms with Crippen molar-refractivity contribution in [1.82, 2.24) is 0 Å². The van der Waals surface area contributed by atoms with Gasteiger partial charge in [0.15, 0.2) is 8.32 Å². The van der Waals surface area contributed by atoms with Gasteiger partial charge in [-0.3, -0.25) is 0 Å². The molecule has 0 atom stereocenters. The number of quaternary nitrogens is 1. The summed E-state index contributed by atoms with van der Waals surface area (Å²) in [5, 5.41) is 0. The Balaban J connectivity index is 4.02. The number of rotatable bonds is 26. The van der Waals surface area contributed by atoms with Crippen LogP contribution in [-0.4, -0.2) is 46.1 Å². The third-order valence-corrected chi connectivity index (χ3v) is 8.34. The first-order valence-electron chi connectivity index (χ1n) is 15.3. The fourth-order valence-electron chi connectivity index (χ4n) is 4.87. The Hall–Kier alpha value is 0.137. The van der Waals surface area contributed by atoms with Crippen molar-refractivity contribution in [3.8, 4) is 0 Å². The molecule has 0 amide bonds. The molecule has 0 spiro atoms. The van der Waals surface area contributed by atoms with Gasteiger partial charge in [-0.05, 0) is 45.3 Å². The molecule has 0 saturated carbocycles. The molecule has 0 fully saturated rings. The van der Waals surface area contributed by atoms with Gasteiger partial charge in [-0.2, -0.15) is 0 Å². The van der Waals surface area contributed by atoms with Gasteiger partial charge in [0.2, 0.25) is 0 Å². The quantitative estimate of drug-likeness (QED) is 0.0674. The molecule has 0 bridgehead atoms. The van der Waals surface area contributed by atoms with Crippen LogP contribution in [0.15, 0.2) is 0 Å². The van der Waals surface area contributed by atoms with E-state index in [2.05, 4.69) is 40.5 Å². The Labute approximate surface area is 212 Å². The van der Waals surface area contributed by atoms with Crippen LogP contribution in [0.5, 0.6) is 0 Å². The molecule has 0 aromatic rings. The molecular weight excluding hydrogens is 418 g/mol. The lowest BCUT2D eigenvalue weighted by atomic mass is 10.1. The average molecular weight is 485 g/mol. The molecular formula is C30H66NOSi+. The molecule has 0 heterocycles. The SMILES string of the molecule is CCCCCCCCCCCC[N+](C)(CCCCCCCCCCCC)CCO[Si](C)(C)C. The van der Waals surface area contributed by atoms with Crippen LogP contribution in [0.2, 0.25) is 19.6 Å². The van der Waals surface area contributed by atoms with E-state index in [1.165, 1.54) is 153 Å². The minimum Gasteiger partial charge on any atom is -0.412 e. The molecule has 0 rings (SSSR count). The highest BCUT2D eigenvalue weighted by atomic mass is 28.4. The molecule has 0 aromatic carbocycles. The highest BCUT2D eigenvalue weighted by molar-refractivity contribution is 6.69. The molecule has 0 N–H and O–H groups in total. The van der Waals surface area contributed by atoms with E-state index < -0.39 is 8.32 Å². The molecule has 3 heteroatoms. The van der Waals surface area contributed by atoms with Crippen LogP contribution >= 0.6 is 0 Å². The zero-order valence-corrected chi connectivity index (χ0v) is 25.3. The summed E-state index contributed by atoms with van der Waals surface area (Å²) in [6.45, 7) is 16.4. The molecule has 200 valence electrons. The van der Waals surface area contributed by atoms with Crippen molar-refractivity contribution >= 4 is 8.32 Å². The monoisotopic (exact) mass is 484 g/mol. The van der Waals surface area contributed by atoms with Gasteiger partial charge < -0.3 is 8.91 Å². The minimum atomic E-state index is -1.40. The summed E-state index contributed by atoms with van der Waals surface area (Å²) in [7, 11) is 1.11. The Morgan fingerprint density at radius 1 is 0.455 bits per heavy atom. The maximum absolute atomic E-state index is 6.25. The molecule has 0 saturated heterocycles. The largest absolute Gasteiger partial charge is 0.412 e. The first kappa shape index (κ1) is 33.1. The first-order valence-corrected chi connectivity index (χ1v) is 18.7. The van der Waals surface area contributed by atoms with Crippen molar-refractivity contribution in [2.45, 2.75) is 162 Å². The van der Waals surface area contributed by atoms with Crippen LogP contribution in [0.4, 0.5) is 0 Å². The van der Waals surface area contributed by atoms with Crippen molar-refractivity contribution in [1.29, 1.82) is 0 Å². The van der Waals surface area contributed by atoms with Gasteiger partial charge >= 0.3 is 0 Å². The lowest BCUT2D eigenvalue weighted by Gasteiger charge is -2.35. The second-order valence-electron chi connectivity index (χ2n) is 12.1. The van der Waals surface area contributed by atoms with Crippen LogP contribution in [0, 0.1) is 0 Å². The van der Waals surface area contributed by atoms with Gasteiger partial charge in [0.05, 0.1) is 26.7 Å². The van der Waals surface area contributed by atoms with E-state index in [1.54, 1.807) is 0 Å². The van der Waals surface area contributed by atoms with Gasteiger partial charge in [-0.1, -0.05) is 117 Å². The molecule has 0 aromatic heterocycles. The van der Waals surface area contributed by atoms with E-state index in [1.807, 2.05) is 0 Å². The lowest BCUT2D eigenvalue weighted by molar-refractivity contribution is -0.910. The summed E-state index contributed by atoms with van der Waals surface area (Å²) in [5.41, 5.74) is 0. The van der Waals surface area contributed by atoms with Crippen molar-refractivity contribution in [3.63, 3.8) is 0 Å². The fraction of sp³-hybridized carbons (Fsp3) is 1.00. The number of hydrogen-bond acceptors (Lipinski definition) is 1. The van der Waals surface area contributed by atoms with Crippen molar-refractivity contribution in [2.24, 2.45) is 0 Å². The van der Waals surface area contributed by atoms with Crippen molar-refractivity contribution in [2.75, 3.05) is 33.3 Å². The number of unbranched alkanes of at least 4 members (excludes halogenated alkanes) is 18. The van der Waals surface area contributed by atoms with Gasteiger partial charge in [0.1, 0.15) is 6.54 Å². The fourth-order valence-corrected chi connectivity index (χ4v) is 5.57. The molecule has 33 heavy (non-hydrogen) atoms. The van der Waals surface area contributed by atoms with Gasteiger partial charge in [-0.25, -0.2) is 0 Å². The van der Waals surface area contributed by atoms with E-state index in [0.717, 1.165) is 6.61 Å². The standard InChI is InChI=1S/C30H66NOSi/c1-7-9-11-13-15-17-19-21-23-25-27-31(3,29-30-32-33(4,5)6)28-26-24-22-20-18-16-14-12-10-8-2/h7-30H2,1-6H3/q+1. The summed E-state index contributed by atoms with van der Waals surface area (Å²) in [6, 6.07) is 0. The van der Waals surface area contributed by atoms with Crippen molar-refractivity contribution in [3.05, 3.63) is 0 Å². The highest BCUT2D eigenvalue weighted by Gasteiger charge is 2.22. The second-order valence-corrected chi connectivity index (χ2v) is 16.6. The number of hydrogen-bond donors (Lipinski definition) is 0. The maximum atomic E-state index is 6.25. The van der Waals surface area contributed by atoms with Crippen LogP contribution in [0.1, 0.15) is 142 Å². The molecule has 0 radical (unpaired) electrons. The van der Waals surface area contributed by atoms with Gasteiger partial charge in [-0.15, -0.1) is 0 Å². The third kappa shape index (κ3) is 25.0. The topological polar surface area (TPSA) is 9.23 Å². The number of likely N-dealkylation sites (N-methyl/N-ethyl adjacent to an activating group) is 1. The van der Waals surface area contributed by atoms with Crippen LogP contribution in [0.3, 0.4) is 0 Å². The van der Waals surface area contributed by atoms with E-state index in [9.17, 15) is 0 Å². The molecule has 0 aliphatic rings. The minimum absolute atomic E-state index is 0.960. The summed E-state index contributed by atoms with van der Waals surface area (Å²) < 4.78 is 7.48. The molecule has 0 aliphatic carbocycles. The van der Waals surface area contributed by atoms with Crippen molar-refractivity contribution < 1.29 is 8.91 Å². The maximum Gasteiger partial charge on any atom is 0.184 e. The van der Waals surface area contributed by atoms with Gasteiger partial charge in [0, 0.05) is 0 Å². The zero-order chi connectivity index (χ0) is 24.7. The number of nitrogens with zero attached hydrogens (tertiary/aromatic N) is 1. The van der Waals surface area contributed by atoms with Gasteiger partial charge in [0.25, 0.3) is 0 Å². The Kier molecular flexibility index (Phi) is 22.7. The Morgan fingerprint density at radius 3 is 1.06 bits per heavy atom.